The Morgan fingerprint density at radius 2 is 1.67 bits per heavy atom. The number of urea groups is 1. The van der Waals surface area contributed by atoms with Crippen molar-refractivity contribution in [3.05, 3.63) is 35.6 Å². The van der Waals surface area contributed by atoms with Crippen molar-refractivity contribution in [1.29, 1.82) is 0 Å². The summed E-state index contributed by atoms with van der Waals surface area (Å²) < 4.78 is 19.0. The Balaban J connectivity index is 1.43. The van der Waals surface area contributed by atoms with Crippen LogP contribution in [-0.2, 0) is 16.1 Å². The van der Waals surface area contributed by atoms with Crippen LogP contribution in [0.3, 0.4) is 0 Å². The quantitative estimate of drug-likeness (QED) is 0.780. The maximum atomic E-state index is 13.7. The van der Waals surface area contributed by atoms with Gasteiger partial charge >= 0.3 is 6.03 Å². The Morgan fingerprint density at radius 3 is 2.33 bits per heavy atom. The molecule has 1 aromatic rings. The molecule has 27 heavy (non-hydrogen) atoms. The van der Waals surface area contributed by atoms with Crippen molar-refractivity contribution in [3.8, 4) is 0 Å². The second-order valence-electron chi connectivity index (χ2n) is 6.99. The van der Waals surface area contributed by atoms with E-state index >= 15 is 0 Å². The molecule has 0 saturated carbocycles. The van der Waals surface area contributed by atoms with Gasteiger partial charge in [0.05, 0.1) is 19.8 Å². The summed E-state index contributed by atoms with van der Waals surface area (Å²) in [6.07, 6.45) is 0. The molecule has 0 spiro atoms. The van der Waals surface area contributed by atoms with Gasteiger partial charge in [0, 0.05) is 58.4 Å². The average molecular weight is 378 g/mol. The summed E-state index contributed by atoms with van der Waals surface area (Å²) >= 11 is 0. The van der Waals surface area contributed by atoms with Crippen LogP contribution in [0.1, 0.15) is 5.56 Å². The molecule has 0 radical (unpaired) electrons. The van der Waals surface area contributed by atoms with E-state index in [1.807, 2.05) is 14.7 Å². The summed E-state index contributed by atoms with van der Waals surface area (Å²) in [4.78, 5) is 32.2. The first-order valence-corrected chi connectivity index (χ1v) is 9.36. The van der Waals surface area contributed by atoms with Gasteiger partial charge < -0.3 is 19.4 Å². The molecule has 1 aromatic carbocycles. The van der Waals surface area contributed by atoms with Crippen molar-refractivity contribution in [2.75, 3.05) is 66.1 Å². The van der Waals surface area contributed by atoms with Gasteiger partial charge in [-0.2, -0.15) is 0 Å². The van der Waals surface area contributed by atoms with Gasteiger partial charge in [-0.3, -0.25) is 9.69 Å². The zero-order chi connectivity index (χ0) is 19.2. The second kappa shape index (κ2) is 9.14. The zero-order valence-electron chi connectivity index (χ0n) is 15.8. The lowest BCUT2D eigenvalue weighted by Gasteiger charge is -2.38. The van der Waals surface area contributed by atoms with Gasteiger partial charge in [-0.1, -0.05) is 18.2 Å². The van der Waals surface area contributed by atoms with E-state index in [-0.39, 0.29) is 30.8 Å². The van der Waals surface area contributed by atoms with Crippen LogP contribution in [0, 0.1) is 5.82 Å². The molecule has 0 unspecified atom stereocenters. The molecule has 148 valence electrons. The minimum atomic E-state index is -0.299. The minimum absolute atomic E-state index is 0.0498. The molecule has 2 fully saturated rings. The Kier molecular flexibility index (Phi) is 6.63. The molecule has 2 aliphatic heterocycles. The van der Waals surface area contributed by atoms with Gasteiger partial charge in [-0.05, 0) is 6.07 Å². The fourth-order valence-electron chi connectivity index (χ4n) is 3.33. The second-order valence-corrected chi connectivity index (χ2v) is 6.99. The van der Waals surface area contributed by atoms with Crippen LogP contribution in [-0.4, -0.2) is 97.6 Å². The maximum absolute atomic E-state index is 13.7. The Morgan fingerprint density at radius 1 is 1.04 bits per heavy atom. The molecule has 3 amide bonds. The number of carbonyl (C=O) groups is 2. The van der Waals surface area contributed by atoms with Gasteiger partial charge in [0.2, 0.25) is 5.91 Å². The number of likely N-dealkylation sites (N-methyl/N-ethyl adjacent to an activating group) is 1. The smallest absolute Gasteiger partial charge is 0.320 e. The number of rotatable bonds is 4. The van der Waals surface area contributed by atoms with Crippen LogP contribution in [0.4, 0.5) is 9.18 Å². The van der Waals surface area contributed by atoms with Crippen LogP contribution in [0.5, 0.6) is 0 Å². The number of hydrogen-bond donors (Lipinski definition) is 0. The molecule has 2 heterocycles. The van der Waals surface area contributed by atoms with Gasteiger partial charge in [0.15, 0.2) is 0 Å². The monoisotopic (exact) mass is 378 g/mol. The summed E-state index contributed by atoms with van der Waals surface area (Å²) in [5.41, 5.74) is 0.509. The van der Waals surface area contributed by atoms with E-state index in [0.29, 0.717) is 58.0 Å². The van der Waals surface area contributed by atoms with Crippen molar-refractivity contribution in [2.45, 2.75) is 6.54 Å². The summed E-state index contributed by atoms with van der Waals surface area (Å²) in [6.45, 7) is 5.54. The molecule has 0 N–H and O–H groups in total. The molecular weight excluding hydrogens is 351 g/mol. The highest BCUT2D eigenvalue weighted by Gasteiger charge is 2.27. The maximum Gasteiger partial charge on any atom is 0.320 e. The van der Waals surface area contributed by atoms with Crippen LogP contribution >= 0.6 is 0 Å². The molecule has 2 saturated heterocycles. The average Bonchev–Trinajstić information content (AvgIpc) is 2.70. The third-order valence-electron chi connectivity index (χ3n) is 5.07. The summed E-state index contributed by atoms with van der Waals surface area (Å²) in [5.74, 6) is -0.349. The highest BCUT2D eigenvalue weighted by molar-refractivity contribution is 5.78. The number of hydrogen-bond acceptors (Lipinski definition) is 4. The number of ether oxygens (including phenoxy) is 1. The van der Waals surface area contributed by atoms with Gasteiger partial charge in [0.25, 0.3) is 0 Å². The first-order valence-electron chi connectivity index (χ1n) is 9.36. The van der Waals surface area contributed by atoms with E-state index < -0.39 is 0 Å². The number of carbonyl (C=O) groups excluding carboxylic acids is 2. The first kappa shape index (κ1) is 19.6. The highest BCUT2D eigenvalue weighted by Crippen LogP contribution is 2.11. The molecule has 0 atom stereocenters. The summed E-state index contributed by atoms with van der Waals surface area (Å²) in [7, 11) is 1.69. The fraction of sp³-hybridized carbons (Fsp3) is 0.579. The lowest BCUT2D eigenvalue weighted by molar-refractivity contribution is -0.132. The minimum Gasteiger partial charge on any atom is -0.378 e. The lowest BCUT2D eigenvalue weighted by atomic mass is 10.2. The van der Waals surface area contributed by atoms with Crippen molar-refractivity contribution in [3.63, 3.8) is 0 Å². The predicted molar refractivity (Wildman–Crippen MR) is 98.7 cm³/mol. The van der Waals surface area contributed by atoms with Crippen molar-refractivity contribution >= 4 is 11.9 Å². The first-order chi connectivity index (χ1) is 13.0. The molecule has 3 rings (SSSR count). The van der Waals surface area contributed by atoms with Gasteiger partial charge in [-0.15, -0.1) is 0 Å². The van der Waals surface area contributed by atoms with E-state index in [9.17, 15) is 14.0 Å². The Labute approximate surface area is 159 Å². The predicted octanol–water partition coefficient (Wildman–Crippen LogP) is 0.854. The number of morpholine rings is 1. The van der Waals surface area contributed by atoms with E-state index in [1.165, 1.54) is 6.07 Å². The Hall–Kier alpha value is -2.19. The van der Waals surface area contributed by atoms with E-state index in [0.717, 1.165) is 0 Å². The van der Waals surface area contributed by atoms with Crippen LogP contribution in [0.15, 0.2) is 24.3 Å². The van der Waals surface area contributed by atoms with Crippen LogP contribution in [0.25, 0.3) is 0 Å². The standard InChI is InChI=1S/C19H27FN4O3/c1-21(14-16-4-2-3-5-17(16)20)18(25)15-22-6-8-23(9-7-22)19(26)24-10-12-27-13-11-24/h2-5H,6-15H2,1H3. The number of amides is 3. The molecule has 0 aromatic heterocycles. The van der Waals surface area contributed by atoms with E-state index in [1.54, 1.807) is 30.1 Å². The number of nitrogens with zero attached hydrogens (tertiary/aromatic N) is 4. The number of benzene rings is 1. The molecular formula is C19H27FN4O3. The van der Waals surface area contributed by atoms with Gasteiger partial charge in [-0.25, -0.2) is 9.18 Å². The normalized spacial score (nSPS) is 18.4. The lowest BCUT2D eigenvalue weighted by Crippen LogP contribution is -2.55. The SMILES string of the molecule is CN(Cc1ccccc1F)C(=O)CN1CCN(C(=O)N2CCOCC2)CC1. The summed E-state index contributed by atoms with van der Waals surface area (Å²) in [5, 5.41) is 0. The van der Waals surface area contributed by atoms with E-state index in [4.69, 9.17) is 4.74 Å². The third-order valence-corrected chi connectivity index (χ3v) is 5.07. The third kappa shape index (κ3) is 5.17. The largest absolute Gasteiger partial charge is 0.378 e. The van der Waals surface area contributed by atoms with Gasteiger partial charge in [0.1, 0.15) is 5.82 Å². The van der Waals surface area contributed by atoms with Crippen molar-refractivity contribution in [2.24, 2.45) is 0 Å². The summed E-state index contributed by atoms with van der Waals surface area (Å²) in [6, 6.07) is 6.55. The number of halogens is 1. The van der Waals surface area contributed by atoms with Crippen LogP contribution in [0.2, 0.25) is 0 Å². The van der Waals surface area contributed by atoms with E-state index in [2.05, 4.69) is 0 Å². The van der Waals surface area contributed by atoms with Crippen molar-refractivity contribution < 1.29 is 18.7 Å². The zero-order valence-corrected chi connectivity index (χ0v) is 15.8. The molecule has 2 aliphatic rings. The molecule has 0 aliphatic carbocycles. The molecule has 7 nitrogen and oxygen atoms in total. The topological polar surface area (TPSA) is 56.3 Å². The van der Waals surface area contributed by atoms with Crippen LogP contribution < -0.4 is 0 Å². The Bertz CT molecular complexity index is 658. The van der Waals surface area contributed by atoms with Crippen molar-refractivity contribution in [1.82, 2.24) is 19.6 Å². The fourth-order valence-corrected chi connectivity index (χ4v) is 3.33. The molecule has 0 bridgehead atoms. The highest BCUT2D eigenvalue weighted by atomic mass is 19.1. The number of piperazine rings is 1. The molecule has 8 heteroatoms.